The van der Waals surface area contributed by atoms with Crippen LogP contribution in [0.25, 0.3) is 11.3 Å². The number of anilines is 1. The molecule has 3 N–H and O–H groups in total. The number of aromatic nitrogens is 1. The number of phenolic OH excluding ortho intramolecular Hbond substituents is 1. The molecule has 10 heteroatoms. The minimum absolute atomic E-state index is 0.0573. The lowest BCUT2D eigenvalue weighted by Gasteiger charge is -2.11. The Balaban J connectivity index is 1.75. The molecule has 29 heavy (non-hydrogen) atoms. The van der Waals surface area contributed by atoms with Crippen molar-refractivity contribution < 1.29 is 23.5 Å². The Bertz CT molecular complexity index is 1110. The van der Waals surface area contributed by atoms with E-state index >= 15 is 0 Å². The van der Waals surface area contributed by atoms with Crippen molar-refractivity contribution >= 4 is 40.8 Å². The number of hydrogen-bond donors (Lipinski definition) is 3. The maximum atomic E-state index is 13.6. The number of nitrogens with one attached hydrogen (secondary N) is 2. The molecular formula is C19H11Cl2F2N3O3. The molecule has 2 aromatic carbocycles. The molecule has 0 saturated heterocycles. The molecule has 1 heterocycles. The molecule has 0 spiro atoms. The molecule has 0 radical (unpaired) electrons. The Labute approximate surface area is 173 Å². The van der Waals surface area contributed by atoms with Crippen LogP contribution in [-0.2, 0) is 0 Å². The quantitative estimate of drug-likeness (QED) is 0.502. The maximum absolute atomic E-state index is 13.6. The minimum Gasteiger partial charge on any atom is -0.506 e. The van der Waals surface area contributed by atoms with E-state index < -0.39 is 29.1 Å². The van der Waals surface area contributed by atoms with E-state index in [0.29, 0.717) is 16.3 Å². The molecule has 1 aromatic heterocycles. The minimum atomic E-state index is -1.27. The lowest BCUT2D eigenvalue weighted by Crippen LogP contribution is -2.35. The van der Waals surface area contributed by atoms with Crippen LogP contribution in [0.1, 0.15) is 10.4 Å². The standard InChI is InChI=1S/C19H11Cl2F2N3O3/c20-10-7-11(21)17(24-8-10)9-4-5-14(15(27)6-9)25-19(29)26-18(28)16-12(22)2-1-3-13(16)23/h1-8,27H,(H2,25,26,28,29). The third-order valence-corrected chi connectivity index (χ3v) is 4.24. The Kier molecular flexibility index (Phi) is 5.95. The summed E-state index contributed by atoms with van der Waals surface area (Å²) in [4.78, 5) is 28.0. The first-order valence-electron chi connectivity index (χ1n) is 7.97. The fourth-order valence-corrected chi connectivity index (χ4v) is 2.93. The number of aromatic hydroxyl groups is 1. The average molecular weight is 438 g/mol. The van der Waals surface area contributed by atoms with Gasteiger partial charge in [-0.25, -0.2) is 13.6 Å². The van der Waals surface area contributed by atoms with Gasteiger partial charge in [-0.15, -0.1) is 0 Å². The highest BCUT2D eigenvalue weighted by Crippen LogP contribution is 2.33. The summed E-state index contributed by atoms with van der Waals surface area (Å²) in [5, 5.41) is 14.7. The second-order valence-corrected chi connectivity index (χ2v) is 6.56. The summed E-state index contributed by atoms with van der Waals surface area (Å²) < 4.78 is 27.2. The molecule has 0 saturated carbocycles. The van der Waals surface area contributed by atoms with Crippen LogP contribution in [0.3, 0.4) is 0 Å². The number of carbonyl (C=O) groups excluding carboxylic acids is 2. The van der Waals surface area contributed by atoms with Crippen LogP contribution in [0.4, 0.5) is 19.3 Å². The van der Waals surface area contributed by atoms with Crippen LogP contribution < -0.4 is 10.6 Å². The van der Waals surface area contributed by atoms with Gasteiger partial charge in [0.2, 0.25) is 0 Å². The number of pyridine rings is 1. The summed E-state index contributed by atoms with van der Waals surface area (Å²) in [5.74, 6) is -3.86. The number of halogens is 4. The van der Waals surface area contributed by atoms with Gasteiger partial charge in [0.15, 0.2) is 0 Å². The molecule has 0 bridgehead atoms. The number of rotatable bonds is 3. The van der Waals surface area contributed by atoms with Crippen LogP contribution in [0.15, 0.2) is 48.7 Å². The first-order chi connectivity index (χ1) is 13.8. The third-order valence-electron chi connectivity index (χ3n) is 3.74. The van der Waals surface area contributed by atoms with Crippen LogP contribution in [0.2, 0.25) is 10.0 Å². The molecule has 3 aromatic rings. The number of phenols is 1. The largest absolute Gasteiger partial charge is 0.506 e. The fraction of sp³-hybridized carbons (Fsp3) is 0. The number of amides is 3. The van der Waals surface area contributed by atoms with Crippen molar-refractivity contribution in [1.82, 2.24) is 10.3 Å². The first kappa shape index (κ1) is 20.5. The number of imide groups is 1. The monoisotopic (exact) mass is 437 g/mol. The lowest BCUT2D eigenvalue weighted by atomic mass is 10.1. The maximum Gasteiger partial charge on any atom is 0.326 e. The normalized spacial score (nSPS) is 10.5. The molecule has 0 unspecified atom stereocenters. The van der Waals surface area contributed by atoms with Crippen molar-refractivity contribution in [1.29, 1.82) is 0 Å². The molecule has 0 fully saturated rings. The highest BCUT2D eigenvalue weighted by atomic mass is 35.5. The van der Waals surface area contributed by atoms with Crippen LogP contribution >= 0.6 is 23.2 Å². The molecule has 3 amide bonds. The summed E-state index contributed by atoms with van der Waals surface area (Å²) in [5.41, 5.74) is -0.156. The van der Waals surface area contributed by atoms with Crippen molar-refractivity contribution in [2.75, 3.05) is 5.32 Å². The van der Waals surface area contributed by atoms with Crippen LogP contribution in [0, 0.1) is 11.6 Å². The van der Waals surface area contributed by atoms with Crippen LogP contribution in [-0.4, -0.2) is 22.0 Å². The molecule has 0 aliphatic rings. The summed E-state index contributed by atoms with van der Waals surface area (Å²) in [6, 6.07) is 7.38. The predicted octanol–water partition coefficient (Wildman–Crippen LogP) is 5.00. The average Bonchev–Trinajstić information content (AvgIpc) is 2.63. The van der Waals surface area contributed by atoms with Gasteiger partial charge in [-0.1, -0.05) is 35.3 Å². The van der Waals surface area contributed by atoms with Crippen LogP contribution in [0.5, 0.6) is 5.75 Å². The van der Waals surface area contributed by atoms with Gasteiger partial charge in [0.05, 0.1) is 21.4 Å². The Hall–Kier alpha value is -3.23. The van der Waals surface area contributed by atoms with Crippen molar-refractivity contribution in [3.63, 3.8) is 0 Å². The molecule has 0 atom stereocenters. The highest BCUT2D eigenvalue weighted by molar-refractivity contribution is 6.36. The van der Waals surface area contributed by atoms with Crippen molar-refractivity contribution in [3.05, 3.63) is 75.9 Å². The Morgan fingerprint density at radius 3 is 2.34 bits per heavy atom. The van der Waals surface area contributed by atoms with E-state index in [-0.39, 0.29) is 16.5 Å². The molecule has 0 aliphatic heterocycles. The summed E-state index contributed by atoms with van der Waals surface area (Å²) in [7, 11) is 0. The van der Waals surface area contributed by atoms with E-state index in [1.807, 2.05) is 0 Å². The Morgan fingerprint density at radius 1 is 1.03 bits per heavy atom. The number of urea groups is 1. The predicted molar refractivity (Wildman–Crippen MR) is 104 cm³/mol. The van der Waals surface area contributed by atoms with Crippen molar-refractivity contribution in [2.24, 2.45) is 0 Å². The van der Waals surface area contributed by atoms with Crippen molar-refractivity contribution in [3.8, 4) is 17.0 Å². The smallest absolute Gasteiger partial charge is 0.326 e. The number of hydrogen-bond acceptors (Lipinski definition) is 4. The van der Waals surface area contributed by atoms with Gasteiger partial charge in [0, 0.05) is 11.8 Å². The second kappa shape index (κ2) is 8.42. The van der Waals surface area contributed by atoms with E-state index in [4.69, 9.17) is 23.2 Å². The number of benzene rings is 2. The number of nitrogens with zero attached hydrogens (tertiary/aromatic N) is 1. The fourth-order valence-electron chi connectivity index (χ4n) is 2.45. The first-order valence-corrected chi connectivity index (χ1v) is 8.72. The molecule has 0 aliphatic carbocycles. The van der Waals surface area contributed by atoms with E-state index in [2.05, 4.69) is 10.3 Å². The second-order valence-electron chi connectivity index (χ2n) is 5.72. The number of carbonyl (C=O) groups is 2. The van der Waals surface area contributed by atoms with Gasteiger partial charge in [-0.05, 0) is 30.3 Å². The molecule has 6 nitrogen and oxygen atoms in total. The third kappa shape index (κ3) is 4.61. The summed E-state index contributed by atoms with van der Waals surface area (Å²) in [6.45, 7) is 0. The molecule has 148 valence electrons. The van der Waals surface area contributed by atoms with Gasteiger partial charge in [-0.3, -0.25) is 15.1 Å². The van der Waals surface area contributed by atoms with E-state index in [1.165, 1.54) is 30.5 Å². The lowest BCUT2D eigenvalue weighted by molar-refractivity contribution is 0.0959. The van der Waals surface area contributed by atoms with Gasteiger partial charge in [0.25, 0.3) is 5.91 Å². The highest BCUT2D eigenvalue weighted by Gasteiger charge is 2.20. The SMILES string of the molecule is O=C(NC(=O)c1c(F)cccc1F)Nc1ccc(-c2ncc(Cl)cc2Cl)cc1O. The van der Waals surface area contributed by atoms with E-state index in [9.17, 15) is 23.5 Å². The Morgan fingerprint density at radius 2 is 1.72 bits per heavy atom. The van der Waals surface area contributed by atoms with Gasteiger partial charge < -0.3 is 10.4 Å². The zero-order valence-electron chi connectivity index (χ0n) is 14.3. The van der Waals surface area contributed by atoms with Gasteiger partial charge in [0.1, 0.15) is 22.9 Å². The van der Waals surface area contributed by atoms with E-state index in [1.54, 1.807) is 5.32 Å². The zero-order valence-corrected chi connectivity index (χ0v) is 15.9. The van der Waals surface area contributed by atoms with Crippen molar-refractivity contribution in [2.45, 2.75) is 0 Å². The summed E-state index contributed by atoms with van der Waals surface area (Å²) >= 11 is 11.9. The van der Waals surface area contributed by atoms with Gasteiger partial charge in [-0.2, -0.15) is 0 Å². The molecule has 3 rings (SSSR count). The summed E-state index contributed by atoms with van der Waals surface area (Å²) in [6.07, 6.45) is 1.38. The van der Waals surface area contributed by atoms with Gasteiger partial charge >= 0.3 is 6.03 Å². The topological polar surface area (TPSA) is 91.3 Å². The van der Waals surface area contributed by atoms with E-state index in [0.717, 1.165) is 18.2 Å². The zero-order chi connectivity index (χ0) is 21.1. The molecular weight excluding hydrogens is 427 g/mol.